The van der Waals surface area contributed by atoms with Gasteiger partial charge in [0, 0.05) is 5.02 Å². The molecular formula is C21H20ClNO2S. The second-order valence-corrected chi connectivity index (χ2v) is 8.47. The molecule has 0 N–H and O–H groups in total. The Morgan fingerprint density at radius 3 is 2.12 bits per heavy atom. The van der Waals surface area contributed by atoms with Gasteiger partial charge in [-0.2, -0.15) is 0 Å². The highest BCUT2D eigenvalue weighted by atomic mass is 35.5. The standard InChI is InChI=1S/C21H20ClNO2S/c1-16-11-13-19(14-12-16)26(24,25)23(21-10-6-3-7-17(21)2)15-18-8-4-5-9-20(18)22/h3-14H,15H2,1-2H3. The second kappa shape index (κ2) is 7.52. The number of rotatable bonds is 5. The summed E-state index contributed by atoms with van der Waals surface area (Å²) in [5.41, 5.74) is 3.30. The summed E-state index contributed by atoms with van der Waals surface area (Å²) < 4.78 is 28.2. The Morgan fingerprint density at radius 2 is 1.46 bits per heavy atom. The Morgan fingerprint density at radius 1 is 0.846 bits per heavy atom. The highest BCUT2D eigenvalue weighted by Gasteiger charge is 2.26. The number of aryl methyl sites for hydroxylation is 2. The molecule has 0 aliphatic heterocycles. The van der Waals surface area contributed by atoms with E-state index < -0.39 is 10.0 Å². The van der Waals surface area contributed by atoms with Crippen molar-refractivity contribution >= 4 is 27.3 Å². The highest BCUT2D eigenvalue weighted by molar-refractivity contribution is 7.92. The van der Waals surface area contributed by atoms with E-state index >= 15 is 0 Å². The van der Waals surface area contributed by atoms with Crippen LogP contribution in [0.3, 0.4) is 0 Å². The van der Waals surface area contributed by atoms with E-state index in [9.17, 15) is 8.42 Å². The molecule has 3 nitrogen and oxygen atoms in total. The summed E-state index contributed by atoms with van der Waals surface area (Å²) in [6.07, 6.45) is 0. The molecule has 0 aliphatic rings. The summed E-state index contributed by atoms with van der Waals surface area (Å²) in [6, 6.07) is 21.6. The number of nitrogens with zero attached hydrogens (tertiary/aromatic N) is 1. The maximum atomic E-state index is 13.4. The number of hydrogen-bond acceptors (Lipinski definition) is 2. The fourth-order valence-electron chi connectivity index (χ4n) is 2.76. The second-order valence-electron chi connectivity index (χ2n) is 6.20. The van der Waals surface area contributed by atoms with Gasteiger partial charge in [-0.05, 0) is 49.2 Å². The van der Waals surface area contributed by atoms with E-state index in [1.54, 1.807) is 30.3 Å². The third-order valence-electron chi connectivity index (χ3n) is 4.26. The van der Waals surface area contributed by atoms with Gasteiger partial charge in [0.05, 0.1) is 17.1 Å². The smallest absolute Gasteiger partial charge is 0.262 e. The van der Waals surface area contributed by atoms with Crippen molar-refractivity contribution in [3.63, 3.8) is 0 Å². The van der Waals surface area contributed by atoms with E-state index in [4.69, 9.17) is 11.6 Å². The van der Waals surface area contributed by atoms with Gasteiger partial charge in [0.1, 0.15) is 0 Å². The Balaban J connectivity index is 2.13. The van der Waals surface area contributed by atoms with Gasteiger partial charge in [0.2, 0.25) is 0 Å². The summed E-state index contributed by atoms with van der Waals surface area (Å²) in [5, 5.41) is 0.546. The molecule has 0 aromatic heterocycles. The first-order valence-corrected chi connectivity index (χ1v) is 10.1. The van der Waals surface area contributed by atoms with Gasteiger partial charge in [0.25, 0.3) is 10.0 Å². The summed E-state index contributed by atoms with van der Waals surface area (Å²) in [7, 11) is -3.73. The molecule has 0 unspecified atom stereocenters. The zero-order valence-electron chi connectivity index (χ0n) is 14.7. The number of benzene rings is 3. The molecule has 5 heteroatoms. The maximum Gasteiger partial charge on any atom is 0.264 e. The van der Waals surface area contributed by atoms with E-state index in [0.29, 0.717) is 10.7 Å². The topological polar surface area (TPSA) is 37.4 Å². The van der Waals surface area contributed by atoms with E-state index in [1.165, 1.54) is 4.31 Å². The molecular weight excluding hydrogens is 366 g/mol. The molecule has 3 aromatic rings. The predicted molar refractivity (Wildman–Crippen MR) is 107 cm³/mol. The number of anilines is 1. The Bertz CT molecular complexity index is 1010. The van der Waals surface area contributed by atoms with E-state index in [2.05, 4.69) is 0 Å². The lowest BCUT2D eigenvalue weighted by atomic mass is 10.2. The molecule has 0 heterocycles. The average molecular weight is 386 g/mol. The molecule has 26 heavy (non-hydrogen) atoms. The van der Waals surface area contributed by atoms with E-state index in [-0.39, 0.29) is 11.4 Å². The number of sulfonamides is 1. The van der Waals surface area contributed by atoms with Gasteiger partial charge in [0.15, 0.2) is 0 Å². The van der Waals surface area contributed by atoms with Crippen molar-refractivity contribution in [3.8, 4) is 0 Å². The van der Waals surface area contributed by atoms with Gasteiger partial charge in [-0.15, -0.1) is 0 Å². The third-order valence-corrected chi connectivity index (χ3v) is 6.41. The van der Waals surface area contributed by atoms with Crippen LogP contribution in [0.5, 0.6) is 0 Å². The van der Waals surface area contributed by atoms with Gasteiger partial charge in [-0.3, -0.25) is 4.31 Å². The molecule has 0 saturated carbocycles. The van der Waals surface area contributed by atoms with Crippen molar-refractivity contribution in [2.24, 2.45) is 0 Å². The van der Waals surface area contributed by atoms with Crippen LogP contribution in [0.4, 0.5) is 5.69 Å². The van der Waals surface area contributed by atoms with Crippen LogP contribution in [-0.2, 0) is 16.6 Å². The lowest BCUT2D eigenvalue weighted by Gasteiger charge is -2.26. The summed E-state index contributed by atoms with van der Waals surface area (Å²) in [6.45, 7) is 4.00. The molecule has 0 aliphatic carbocycles. The van der Waals surface area contributed by atoms with Crippen LogP contribution < -0.4 is 4.31 Å². The number of para-hydroxylation sites is 1. The molecule has 3 aromatic carbocycles. The zero-order valence-corrected chi connectivity index (χ0v) is 16.3. The summed E-state index contributed by atoms with van der Waals surface area (Å²) in [5.74, 6) is 0. The highest BCUT2D eigenvalue weighted by Crippen LogP contribution is 2.30. The van der Waals surface area contributed by atoms with Crippen LogP contribution in [0, 0.1) is 13.8 Å². The lowest BCUT2D eigenvalue weighted by molar-refractivity contribution is 0.590. The van der Waals surface area contributed by atoms with Gasteiger partial charge in [-0.1, -0.05) is 65.7 Å². The molecule has 0 fully saturated rings. The normalized spacial score (nSPS) is 11.3. The quantitative estimate of drug-likeness (QED) is 0.593. The van der Waals surface area contributed by atoms with Crippen molar-refractivity contribution in [2.75, 3.05) is 4.31 Å². The largest absolute Gasteiger partial charge is 0.264 e. The molecule has 3 rings (SSSR count). The van der Waals surface area contributed by atoms with Crippen LogP contribution in [-0.4, -0.2) is 8.42 Å². The fourth-order valence-corrected chi connectivity index (χ4v) is 4.46. The Labute approximate surface area is 159 Å². The fraction of sp³-hybridized carbons (Fsp3) is 0.143. The zero-order chi connectivity index (χ0) is 18.7. The molecule has 0 amide bonds. The molecule has 0 radical (unpaired) electrons. The minimum absolute atomic E-state index is 0.167. The summed E-state index contributed by atoms with van der Waals surface area (Å²) in [4.78, 5) is 0.262. The first kappa shape index (κ1) is 18.5. The predicted octanol–water partition coefficient (Wildman–Crippen LogP) is 5.35. The number of halogens is 1. The van der Waals surface area contributed by atoms with Crippen LogP contribution in [0.15, 0.2) is 77.7 Å². The maximum absolute atomic E-state index is 13.4. The van der Waals surface area contributed by atoms with Crippen LogP contribution in [0.2, 0.25) is 5.02 Å². The number of hydrogen-bond donors (Lipinski definition) is 0. The molecule has 0 spiro atoms. The summed E-state index contributed by atoms with van der Waals surface area (Å²) >= 11 is 6.29. The van der Waals surface area contributed by atoms with E-state index in [0.717, 1.165) is 16.7 Å². The molecule has 0 saturated heterocycles. The van der Waals surface area contributed by atoms with Crippen molar-refractivity contribution < 1.29 is 8.42 Å². The van der Waals surface area contributed by atoms with Crippen molar-refractivity contribution in [3.05, 3.63) is 94.5 Å². The molecule has 134 valence electrons. The van der Waals surface area contributed by atoms with Crippen molar-refractivity contribution in [1.29, 1.82) is 0 Å². The first-order valence-electron chi connectivity index (χ1n) is 8.28. The monoisotopic (exact) mass is 385 g/mol. The Kier molecular flexibility index (Phi) is 5.35. The molecule has 0 atom stereocenters. The lowest BCUT2D eigenvalue weighted by Crippen LogP contribution is -2.31. The first-order chi connectivity index (χ1) is 12.4. The van der Waals surface area contributed by atoms with Crippen LogP contribution in [0.1, 0.15) is 16.7 Å². The third kappa shape index (κ3) is 3.76. The van der Waals surface area contributed by atoms with Crippen LogP contribution >= 0.6 is 11.6 Å². The minimum Gasteiger partial charge on any atom is -0.262 e. The average Bonchev–Trinajstić information content (AvgIpc) is 2.62. The van der Waals surface area contributed by atoms with Gasteiger partial charge >= 0.3 is 0 Å². The minimum atomic E-state index is -3.73. The van der Waals surface area contributed by atoms with Crippen LogP contribution in [0.25, 0.3) is 0 Å². The SMILES string of the molecule is Cc1ccc(S(=O)(=O)N(Cc2ccccc2Cl)c2ccccc2C)cc1. The molecule has 0 bridgehead atoms. The van der Waals surface area contributed by atoms with Gasteiger partial charge in [-0.25, -0.2) is 8.42 Å². The Hall–Kier alpha value is -2.30. The van der Waals surface area contributed by atoms with Crippen molar-refractivity contribution in [1.82, 2.24) is 0 Å². The van der Waals surface area contributed by atoms with E-state index in [1.807, 2.05) is 56.3 Å². The van der Waals surface area contributed by atoms with Gasteiger partial charge < -0.3 is 0 Å². The van der Waals surface area contributed by atoms with Crippen molar-refractivity contribution in [2.45, 2.75) is 25.3 Å².